The summed E-state index contributed by atoms with van der Waals surface area (Å²) in [7, 11) is -1.29. The molecule has 9 nitrogen and oxygen atoms in total. The SMILES string of the molecule is COC(=O)c1sc(NC(=O)CN(C)S(=O)(=O)c2cccnc2)nc1C. The van der Waals surface area contributed by atoms with Gasteiger partial charge in [-0.3, -0.25) is 9.78 Å². The second kappa shape index (κ2) is 7.68. The summed E-state index contributed by atoms with van der Waals surface area (Å²) in [5, 5.41) is 2.67. The van der Waals surface area contributed by atoms with Crippen LogP contribution < -0.4 is 5.32 Å². The summed E-state index contributed by atoms with van der Waals surface area (Å²) in [6, 6.07) is 2.89. The first kappa shape index (κ1) is 19.0. The van der Waals surface area contributed by atoms with E-state index in [4.69, 9.17) is 0 Å². The zero-order valence-electron chi connectivity index (χ0n) is 13.7. The van der Waals surface area contributed by atoms with Crippen LogP contribution in [0.15, 0.2) is 29.4 Å². The molecule has 0 aliphatic carbocycles. The molecule has 2 aromatic rings. The Morgan fingerprint density at radius 1 is 1.40 bits per heavy atom. The van der Waals surface area contributed by atoms with Gasteiger partial charge in [0.05, 0.1) is 19.3 Å². The molecular formula is C14H16N4O5S2. The summed E-state index contributed by atoms with van der Waals surface area (Å²) < 4.78 is 30.2. The molecule has 0 fully saturated rings. The van der Waals surface area contributed by atoms with Crippen LogP contribution in [-0.4, -0.2) is 55.3 Å². The van der Waals surface area contributed by atoms with Crippen molar-refractivity contribution < 1.29 is 22.7 Å². The predicted octanol–water partition coefficient (Wildman–Crippen LogP) is 0.892. The third kappa shape index (κ3) is 4.38. The number of methoxy groups -OCH3 is 1. The maximum Gasteiger partial charge on any atom is 0.350 e. The standard InChI is InChI=1S/C14H16N4O5S2/c1-9-12(13(20)23-3)24-14(16-9)17-11(19)8-18(2)25(21,22)10-5-4-6-15-7-10/h4-7H,8H2,1-3H3,(H,16,17,19). The van der Waals surface area contributed by atoms with Gasteiger partial charge in [0, 0.05) is 19.4 Å². The number of anilines is 1. The van der Waals surface area contributed by atoms with Gasteiger partial charge in [0.1, 0.15) is 9.77 Å². The lowest BCUT2D eigenvalue weighted by molar-refractivity contribution is -0.116. The van der Waals surface area contributed by atoms with Crippen molar-refractivity contribution in [3.05, 3.63) is 35.1 Å². The van der Waals surface area contributed by atoms with Crippen LogP contribution in [0.1, 0.15) is 15.4 Å². The quantitative estimate of drug-likeness (QED) is 0.735. The third-order valence-corrected chi connectivity index (χ3v) is 5.96. The smallest absolute Gasteiger partial charge is 0.350 e. The van der Waals surface area contributed by atoms with Crippen molar-refractivity contribution in [3.8, 4) is 0 Å². The maximum absolute atomic E-state index is 12.3. The van der Waals surface area contributed by atoms with Gasteiger partial charge in [-0.05, 0) is 19.1 Å². The minimum atomic E-state index is -3.83. The Morgan fingerprint density at radius 3 is 2.72 bits per heavy atom. The van der Waals surface area contributed by atoms with Gasteiger partial charge in [-0.2, -0.15) is 4.31 Å². The number of amides is 1. The first-order valence-corrected chi connectivity index (χ1v) is 9.23. The molecule has 0 aliphatic rings. The van der Waals surface area contributed by atoms with Crippen LogP contribution in [0, 0.1) is 6.92 Å². The highest BCUT2D eigenvalue weighted by Gasteiger charge is 2.24. The van der Waals surface area contributed by atoms with E-state index in [1.54, 1.807) is 6.92 Å². The van der Waals surface area contributed by atoms with E-state index in [2.05, 4.69) is 20.0 Å². The van der Waals surface area contributed by atoms with E-state index in [0.717, 1.165) is 15.6 Å². The van der Waals surface area contributed by atoms with E-state index in [-0.39, 0.29) is 14.9 Å². The molecule has 1 amide bonds. The Balaban J connectivity index is 2.06. The fraction of sp³-hybridized carbons (Fsp3) is 0.286. The van der Waals surface area contributed by atoms with Crippen molar-refractivity contribution >= 4 is 38.4 Å². The summed E-state index contributed by atoms with van der Waals surface area (Å²) in [6.45, 7) is 1.20. The number of carbonyl (C=O) groups excluding carboxylic acids is 2. The number of sulfonamides is 1. The van der Waals surface area contributed by atoms with Crippen LogP contribution in [0.5, 0.6) is 0 Å². The largest absolute Gasteiger partial charge is 0.465 e. The monoisotopic (exact) mass is 384 g/mol. The number of nitrogens with zero attached hydrogens (tertiary/aromatic N) is 3. The number of hydrogen-bond acceptors (Lipinski definition) is 8. The molecule has 2 rings (SSSR count). The van der Waals surface area contributed by atoms with Crippen LogP contribution in [0.2, 0.25) is 0 Å². The number of rotatable bonds is 6. The fourth-order valence-electron chi connectivity index (χ4n) is 1.86. The molecule has 0 atom stereocenters. The molecule has 0 radical (unpaired) electrons. The molecule has 0 unspecified atom stereocenters. The average molecular weight is 384 g/mol. The normalized spacial score (nSPS) is 11.4. The number of pyridine rings is 1. The van der Waals surface area contributed by atoms with Crippen LogP contribution in [0.3, 0.4) is 0 Å². The zero-order valence-corrected chi connectivity index (χ0v) is 15.3. The number of aryl methyl sites for hydroxylation is 1. The van der Waals surface area contributed by atoms with E-state index in [9.17, 15) is 18.0 Å². The molecule has 134 valence electrons. The summed E-state index contributed by atoms with van der Waals surface area (Å²) >= 11 is 0.956. The molecule has 25 heavy (non-hydrogen) atoms. The number of esters is 1. The van der Waals surface area contributed by atoms with Crippen molar-refractivity contribution in [2.45, 2.75) is 11.8 Å². The van der Waals surface area contributed by atoms with E-state index >= 15 is 0 Å². The molecule has 11 heteroatoms. The average Bonchev–Trinajstić information content (AvgIpc) is 2.94. The van der Waals surface area contributed by atoms with E-state index in [1.807, 2.05) is 0 Å². The highest BCUT2D eigenvalue weighted by molar-refractivity contribution is 7.89. The lowest BCUT2D eigenvalue weighted by Crippen LogP contribution is -2.35. The second-order valence-corrected chi connectivity index (χ2v) is 7.97. The van der Waals surface area contributed by atoms with Gasteiger partial charge in [-0.25, -0.2) is 18.2 Å². The van der Waals surface area contributed by atoms with Gasteiger partial charge in [0.2, 0.25) is 15.9 Å². The van der Waals surface area contributed by atoms with Crippen molar-refractivity contribution in [2.24, 2.45) is 0 Å². The number of likely N-dealkylation sites (N-methyl/N-ethyl adjacent to an activating group) is 1. The maximum atomic E-state index is 12.3. The van der Waals surface area contributed by atoms with Gasteiger partial charge >= 0.3 is 5.97 Å². The number of aromatic nitrogens is 2. The Morgan fingerprint density at radius 2 is 2.12 bits per heavy atom. The predicted molar refractivity (Wildman–Crippen MR) is 90.9 cm³/mol. The number of nitrogens with one attached hydrogen (secondary N) is 1. The first-order valence-electron chi connectivity index (χ1n) is 6.97. The van der Waals surface area contributed by atoms with Crippen LogP contribution in [-0.2, 0) is 19.6 Å². The number of carbonyl (C=O) groups is 2. The summed E-state index contributed by atoms with van der Waals surface area (Å²) in [5.41, 5.74) is 0.420. The number of ether oxygens (including phenoxy) is 1. The minimum Gasteiger partial charge on any atom is -0.465 e. The number of thiazole rings is 1. The molecule has 0 spiro atoms. The topological polar surface area (TPSA) is 119 Å². The molecule has 2 aromatic heterocycles. The lowest BCUT2D eigenvalue weighted by atomic mass is 10.4. The van der Waals surface area contributed by atoms with Crippen molar-refractivity contribution in [3.63, 3.8) is 0 Å². The lowest BCUT2D eigenvalue weighted by Gasteiger charge is -2.16. The molecule has 2 heterocycles. The van der Waals surface area contributed by atoms with E-state index in [0.29, 0.717) is 5.69 Å². The Kier molecular flexibility index (Phi) is 5.82. The van der Waals surface area contributed by atoms with Crippen molar-refractivity contribution in [2.75, 3.05) is 26.0 Å². The Hall–Kier alpha value is -2.37. The summed E-state index contributed by atoms with van der Waals surface area (Å²) in [5.74, 6) is -1.13. The molecule has 0 saturated carbocycles. The van der Waals surface area contributed by atoms with Gasteiger partial charge in [-0.15, -0.1) is 0 Å². The Bertz CT molecular complexity index is 880. The van der Waals surface area contributed by atoms with E-state index < -0.39 is 28.4 Å². The van der Waals surface area contributed by atoms with Crippen LogP contribution in [0.4, 0.5) is 5.13 Å². The first-order chi connectivity index (χ1) is 11.8. The molecule has 0 saturated heterocycles. The second-order valence-electron chi connectivity index (χ2n) is 4.92. The Labute approximate surface area is 148 Å². The summed E-state index contributed by atoms with van der Waals surface area (Å²) in [6.07, 6.45) is 2.66. The van der Waals surface area contributed by atoms with Crippen LogP contribution >= 0.6 is 11.3 Å². The summed E-state index contributed by atoms with van der Waals surface area (Å²) in [4.78, 5) is 31.7. The van der Waals surface area contributed by atoms with Crippen molar-refractivity contribution in [1.29, 1.82) is 0 Å². The molecule has 0 bridgehead atoms. The van der Waals surface area contributed by atoms with Crippen molar-refractivity contribution in [1.82, 2.24) is 14.3 Å². The van der Waals surface area contributed by atoms with Gasteiger partial charge in [-0.1, -0.05) is 11.3 Å². The minimum absolute atomic E-state index is 0.0108. The molecule has 1 N–H and O–H groups in total. The van der Waals surface area contributed by atoms with Gasteiger partial charge in [0.15, 0.2) is 5.13 Å². The number of hydrogen-bond donors (Lipinski definition) is 1. The highest BCUT2D eigenvalue weighted by Crippen LogP contribution is 2.23. The third-order valence-electron chi connectivity index (χ3n) is 3.12. The molecule has 0 aromatic carbocycles. The highest BCUT2D eigenvalue weighted by atomic mass is 32.2. The van der Waals surface area contributed by atoms with E-state index in [1.165, 1.54) is 38.7 Å². The van der Waals surface area contributed by atoms with Gasteiger partial charge < -0.3 is 10.1 Å². The molecule has 0 aliphatic heterocycles. The zero-order chi connectivity index (χ0) is 18.6. The fourth-order valence-corrected chi connectivity index (χ4v) is 3.85. The molecular weight excluding hydrogens is 368 g/mol. The van der Waals surface area contributed by atoms with Gasteiger partial charge in [0.25, 0.3) is 0 Å². The van der Waals surface area contributed by atoms with Crippen LogP contribution in [0.25, 0.3) is 0 Å².